The molecular weight excluding hydrogens is 164 g/mol. The van der Waals surface area contributed by atoms with E-state index in [4.69, 9.17) is 21.4 Å². The molecule has 0 atom stereocenters. The second-order valence-corrected chi connectivity index (χ2v) is 1.41. The first-order valence-corrected chi connectivity index (χ1v) is 2.65. The standard InChI is InChI=1S/C3H3NO.C2H6N2O.H3NO/c1-3(5)2-4;1-2(3)4-5;1-2/h1H3;5H,1H3,(H2,3,4);2H,1H2. The van der Waals surface area contributed by atoms with Gasteiger partial charge in [-0.1, -0.05) is 5.16 Å². The summed E-state index contributed by atoms with van der Waals surface area (Å²) in [5, 5.41) is 24.2. The summed E-state index contributed by atoms with van der Waals surface area (Å²) < 4.78 is 0. The van der Waals surface area contributed by atoms with Crippen LogP contribution in [0.1, 0.15) is 13.8 Å². The Balaban J connectivity index is -0.000000112. The van der Waals surface area contributed by atoms with E-state index in [1.807, 2.05) is 0 Å². The van der Waals surface area contributed by atoms with E-state index in [1.54, 1.807) is 0 Å². The fraction of sp³-hybridized carbons (Fsp3) is 0.400. The highest BCUT2D eigenvalue weighted by atomic mass is 16.4. The summed E-state index contributed by atoms with van der Waals surface area (Å²) in [6.07, 6.45) is 0. The van der Waals surface area contributed by atoms with Gasteiger partial charge in [0.05, 0.1) is 0 Å². The molecule has 0 fully saturated rings. The fourth-order valence-corrected chi connectivity index (χ4v) is 0. The topological polar surface area (TPSA) is 146 Å². The van der Waals surface area contributed by atoms with Gasteiger partial charge in [-0.25, -0.2) is 5.90 Å². The minimum Gasteiger partial charge on any atom is -0.409 e. The van der Waals surface area contributed by atoms with E-state index in [-0.39, 0.29) is 5.84 Å². The summed E-state index contributed by atoms with van der Waals surface area (Å²) in [7, 11) is 0. The molecule has 0 aliphatic heterocycles. The van der Waals surface area contributed by atoms with Gasteiger partial charge >= 0.3 is 0 Å². The molecule has 12 heavy (non-hydrogen) atoms. The molecule has 0 rings (SSSR count). The van der Waals surface area contributed by atoms with E-state index in [1.165, 1.54) is 19.9 Å². The highest BCUT2D eigenvalue weighted by molar-refractivity contribution is 5.90. The predicted molar refractivity (Wildman–Crippen MR) is 41.4 cm³/mol. The number of carbonyl (C=O) groups excluding carboxylic acids is 1. The Morgan fingerprint density at radius 3 is 1.67 bits per heavy atom. The molecule has 0 bridgehead atoms. The molecule has 0 saturated carbocycles. The first-order chi connectivity index (χ1) is 5.54. The van der Waals surface area contributed by atoms with Crippen molar-refractivity contribution in [2.75, 3.05) is 0 Å². The lowest BCUT2D eigenvalue weighted by atomic mass is 10.5. The van der Waals surface area contributed by atoms with Crippen molar-refractivity contribution in [3.05, 3.63) is 0 Å². The van der Waals surface area contributed by atoms with E-state index >= 15 is 0 Å². The Kier molecular flexibility index (Phi) is 22.6. The first-order valence-electron chi connectivity index (χ1n) is 2.65. The first kappa shape index (κ1) is 16.7. The molecule has 0 unspecified atom stereocenters. The van der Waals surface area contributed by atoms with Gasteiger partial charge in [-0.2, -0.15) is 5.26 Å². The molecule has 0 aromatic rings. The number of Topliss-reactive ketones (excluding diaryl/α,β-unsaturated/α-hetero) is 1. The number of amidine groups is 1. The van der Waals surface area contributed by atoms with Crippen molar-refractivity contribution in [3.8, 4) is 6.07 Å². The highest BCUT2D eigenvalue weighted by Gasteiger charge is 1.75. The average molecular weight is 176 g/mol. The van der Waals surface area contributed by atoms with Gasteiger partial charge in [-0.05, 0) is 6.92 Å². The maximum Gasteiger partial charge on any atom is 0.228 e. The third-order valence-electron chi connectivity index (χ3n) is 0.315. The summed E-state index contributed by atoms with van der Waals surface area (Å²) in [6, 6.07) is 1.39. The molecular formula is C5H12N4O3. The van der Waals surface area contributed by atoms with E-state index in [2.05, 4.69) is 11.1 Å². The fourth-order valence-electron chi connectivity index (χ4n) is 0. The summed E-state index contributed by atoms with van der Waals surface area (Å²) in [6.45, 7) is 2.72. The van der Waals surface area contributed by atoms with E-state index in [9.17, 15) is 4.79 Å². The van der Waals surface area contributed by atoms with E-state index in [0.717, 1.165) is 0 Å². The SMILES string of the molecule is C/C(N)=N/O.CC(=O)C#N.NO. The quantitative estimate of drug-likeness (QED) is 0.125. The summed E-state index contributed by atoms with van der Waals surface area (Å²) >= 11 is 0. The normalized spacial score (nSPS) is 7.75. The molecule has 0 aliphatic rings. The van der Waals surface area contributed by atoms with E-state index < -0.39 is 5.78 Å². The lowest BCUT2D eigenvalue weighted by molar-refractivity contribution is -0.112. The van der Waals surface area contributed by atoms with Gasteiger partial charge in [-0.3, -0.25) is 4.79 Å². The van der Waals surface area contributed by atoms with Gasteiger partial charge in [0.25, 0.3) is 0 Å². The van der Waals surface area contributed by atoms with Gasteiger partial charge in [-0.15, -0.1) is 0 Å². The Labute approximate surface area is 69.8 Å². The number of nitriles is 1. The maximum absolute atomic E-state index is 9.45. The van der Waals surface area contributed by atoms with Crippen molar-refractivity contribution >= 4 is 11.6 Å². The van der Waals surface area contributed by atoms with E-state index in [0.29, 0.717) is 0 Å². The van der Waals surface area contributed by atoms with Crippen molar-refractivity contribution in [2.45, 2.75) is 13.8 Å². The van der Waals surface area contributed by atoms with Crippen LogP contribution in [-0.2, 0) is 4.79 Å². The number of rotatable bonds is 0. The highest BCUT2D eigenvalue weighted by Crippen LogP contribution is 1.52. The van der Waals surface area contributed by atoms with Crippen LogP contribution >= 0.6 is 0 Å². The Morgan fingerprint density at radius 2 is 1.67 bits per heavy atom. The number of oxime groups is 1. The van der Waals surface area contributed by atoms with Crippen LogP contribution in [0.3, 0.4) is 0 Å². The van der Waals surface area contributed by atoms with Crippen LogP contribution in [0.2, 0.25) is 0 Å². The Bertz CT molecular complexity index is 168. The second-order valence-electron chi connectivity index (χ2n) is 1.41. The molecule has 0 aromatic carbocycles. The number of carbonyl (C=O) groups is 1. The van der Waals surface area contributed by atoms with Gasteiger partial charge < -0.3 is 16.1 Å². The number of hydrogen-bond donors (Lipinski definition) is 4. The molecule has 6 N–H and O–H groups in total. The molecule has 7 heteroatoms. The summed E-state index contributed by atoms with van der Waals surface area (Å²) in [4.78, 5) is 9.45. The summed E-state index contributed by atoms with van der Waals surface area (Å²) in [5.74, 6) is 3.25. The van der Waals surface area contributed by atoms with Crippen molar-refractivity contribution < 1.29 is 15.2 Å². The lowest BCUT2D eigenvalue weighted by Crippen LogP contribution is -2.03. The molecule has 0 spiro atoms. The van der Waals surface area contributed by atoms with Crippen molar-refractivity contribution in [3.63, 3.8) is 0 Å². The molecule has 0 saturated heterocycles. The third kappa shape index (κ3) is 81.7. The monoisotopic (exact) mass is 176 g/mol. The van der Waals surface area contributed by atoms with Crippen molar-refractivity contribution in [1.29, 1.82) is 5.26 Å². The number of ketones is 1. The maximum atomic E-state index is 9.45. The molecule has 70 valence electrons. The second kappa shape index (κ2) is 16.2. The van der Waals surface area contributed by atoms with Gasteiger partial charge in [0.2, 0.25) is 5.78 Å². The van der Waals surface area contributed by atoms with Crippen LogP contribution in [0.4, 0.5) is 0 Å². The average Bonchev–Trinajstić information content (AvgIpc) is 2.09. The zero-order valence-electron chi connectivity index (χ0n) is 6.85. The van der Waals surface area contributed by atoms with Crippen molar-refractivity contribution in [2.24, 2.45) is 16.8 Å². The molecule has 0 heterocycles. The minimum atomic E-state index is -0.440. The Hall–Kier alpha value is -1.65. The van der Waals surface area contributed by atoms with Crippen LogP contribution in [0.15, 0.2) is 5.16 Å². The van der Waals surface area contributed by atoms with Gasteiger partial charge in [0.15, 0.2) is 0 Å². The largest absolute Gasteiger partial charge is 0.409 e. The lowest BCUT2D eigenvalue weighted by Gasteiger charge is -1.73. The van der Waals surface area contributed by atoms with Gasteiger partial charge in [0, 0.05) is 6.92 Å². The molecule has 0 radical (unpaired) electrons. The number of hydrogen-bond acceptors (Lipinski definition) is 6. The smallest absolute Gasteiger partial charge is 0.228 e. The molecule has 0 aromatic heterocycles. The van der Waals surface area contributed by atoms with Crippen LogP contribution in [0, 0.1) is 11.3 Å². The minimum absolute atomic E-state index is 0.185. The summed E-state index contributed by atoms with van der Waals surface area (Å²) in [5.41, 5.74) is 4.79. The van der Waals surface area contributed by atoms with Crippen molar-refractivity contribution in [1.82, 2.24) is 0 Å². The predicted octanol–water partition coefficient (Wildman–Crippen LogP) is -0.814. The third-order valence-corrected chi connectivity index (χ3v) is 0.315. The molecule has 0 aliphatic carbocycles. The number of nitrogens with two attached hydrogens (primary N) is 2. The zero-order chi connectivity index (χ0) is 10.6. The van der Waals surface area contributed by atoms with Crippen LogP contribution in [0.5, 0.6) is 0 Å². The zero-order valence-corrected chi connectivity index (χ0v) is 6.85. The van der Waals surface area contributed by atoms with Gasteiger partial charge in [0.1, 0.15) is 11.9 Å². The molecule has 7 nitrogen and oxygen atoms in total. The molecule has 0 amide bonds. The van der Waals surface area contributed by atoms with Crippen LogP contribution < -0.4 is 11.6 Å². The van der Waals surface area contributed by atoms with Crippen LogP contribution in [-0.4, -0.2) is 22.0 Å². The number of nitrogens with zero attached hydrogens (tertiary/aromatic N) is 2. The Morgan fingerprint density at radius 1 is 1.50 bits per heavy atom. The van der Waals surface area contributed by atoms with Crippen LogP contribution in [0.25, 0.3) is 0 Å².